The Bertz CT molecular complexity index is 574. The molecule has 1 unspecified atom stereocenters. The van der Waals surface area contributed by atoms with Crippen LogP contribution in [-0.4, -0.2) is 49.0 Å². The minimum absolute atomic E-state index is 0.205. The minimum atomic E-state index is -3.33. The monoisotopic (exact) mass is 311 g/mol. The fourth-order valence-corrected chi connectivity index (χ4v) is 3.68. The van der Waals surface area contributed by atoms with Crippen molar-refractivity contribution in [3.63, 3.8) is 0 Å². The molecule has 1 aromatic rings. The summed E-state index contributed by atoms with van der Waals surface area (Å²) in [6, 6.07) is 3.23. The average Bonchev–Trinajstić information content (AvgIpc) is 2.47. The van der Waals surface area contributed by atoms with Gasteiger partial charge in [-0.15, -0.1) is 0 Å². The van der Waals surface area contributed by atoms with Gasteiger partial charge in [-0.05, 0) is 30.9 Å². The van der Waals surface area contributed by atoms with Gasteiger partial charge in [0.05, 0.1) is 6.26 Å². The summed E-state index contributed by atoms with van der Waals surface area (Å²) in [7, 11) is -3.33. The molecule has 0 radical (unpaired) electrons. The Morgan fingerprint density at radius 3 is 2.95 bits per heavy atom. The van der Waals surface area contributed by atoms with Crippen LogP contribution in [0.3, 0.4) is 0 Å². The Balaban J connectivity index is 1.89. The molecule has 1 fully saturated rings. The van der Waals surface area contributed by atoms with E-state index in [1.807, 2.05) is 12.1 Å². The highest BCUT2D eigenvalue weighted by Crippen LogP contribution is 2.19. The number of pyridine rings is 1. The third kappa shape index (κ3) is 4.50. The van der Waals surface area contributed by atoms with Crippen LogP contribution in [0.25, 0.3) is 0 Å². The number of aromatic nitrogens is 1. The van der Waals surface area contributed by atoms with Crippen molar-refractivity contribution in [1.29, 1.82) is 0 Å². The second-order valence-electron chi connectivity index (χ2n) is 5.29. The van der Waals surface area contributed by atoms with Gasteiger partial charge in [0.1, 0.15) is 6.04 Å². The van der Waals surface area contributed by atoms with Crippen LogP contribution in [0, 0.1) is 0 Å². The van der Waals surface area contributed by atoms with Crippen LogP contribution in [0.4, 0.5) is 0 Å². The summed E-state index contributed by atoms with van der Waals surface area (Å²) in [4.78, 5) is 16.2. The first-order valence-corrected chi connectivity index (χ1v) is 8.97. The summed E-state index contributed by atoms with van der Waals surface area (Å²) in [5.41, 5.74) is 1.04. The van der Waals surface area contributed by atoms with E-state index in [0.29, 0.717) is 25.9 Å². The van der Waals surface area contributed by atoms with Crippen molar-refractivity contribution in [2.75, 3.05) is 19.3 Å². The van der Waals surface area contributed by atoms with Gasteiger partial charge >= 0.3 is 0 Å². The van der Waals surface area contributed by atoms with Gasteiger partial charge in [-0.3, -0.25) is 9.78 Å². The number of nitrogens with one attached hydrogen (secondary N) is 1. The molecule has 0 saturated carbocycles. The van der Waals surface area contributed by atoms with E-state index < -0.39 is 16.1 Å². The molecule has 0 spiro atoms. The number of rotatable bonds is 5. The molecule has 1 atom stereocenters. The lowest BCUT2D eigenvalue weighted by molar-refractivity contribution is -0.125. The predicted molar refractivity (Wildman–Crippen MR) is 80.1 cm³/mol. The van der Waals surface area contributed by atoms with Crippen molar-refractivity contribution in [2.24, 2.45) is 0 Å². The van der Waals surface area contributed by atoms with E-state index in [4.69, 9.17) is 0 Å². The maximum Gasteiger partial charge on any atom is 0.238 e. The molecule has 116 valence electrons. The molecule has 1 N–H and O–H groups in total. The van der Waals surface area contributed by atoms with Crippen molar-refractivity contribution in [3.05, 3.63) is 30.1 Å². The zero-order valence-electron chi connectivity index (χ0n) is 12.2. The second kappa shape index (κ2) is 7.00. The van der Waals surface area contributed by atoms with Gasteiger partial charge in [0, 0.05) is 25.5 Å². The third-order valence-electron chi connectivity index (χ3n) is 3.62. The number of amides is 1. The minimum Gasteiger partial charge on any atom is -0.354 e. The van der Waals surface area contributed by atoms with Gasteiger partial charge in [-0.2, -0.15) is 4.31 Å². The van der Waals surface area contributed by atoms with E-state index in [-0.39, 0.29) is 5.91 Å². The van der Waals surface area contributed by atoms with Gasteiger partial charge in [0.15, 0.2) is 0 Å². The van der Waals surface area contributed by atoms with Crippen LogP contribution < -0.4 is 5.32 Å². The van der Waals surface area contributed by atoms with Crippen molar-refractivity contribution < 1.29 is 13.2 Å². The van der Waals surface area contributed by atoms with Crippen molar-refractivity contribution >= 4 is 15.9 Å². The van der Waals surface area contributed by atoms with Gasteiger partial charge in [-0.1, -0.05) is 12.5 Å². The van der Waals surface area contributed by atoms with E-state index in [1.54, 1.807) is 12.4 Å². The largest absolute Gasteiger partial charge is 0.354 e. The number of nitrogens with zero attached hydrogens (tertiary/aromatic N) is 2. The fraction of sp³-hybridized carbons (Fsp3) is 0.571. The molecule has 2 rings (SSSR count). The van der Waals surface area contributed by atoms with Crippen molar-refractivity contribution in [3.8, 4) is 0 Å². The lowest BCUT2D eigenvalue weighted by atomic mass is 10.0. The summed E-state index contributed by atoms with van der Waals surface area (Å²) in [5, 5.41) is 2.83. The highest BCUT2D eigenvalue weighted by atomic mass is 32.2. The number of sulfonamides is 1. The molecular weight excluding hydrogens is 290 g/mol. The Hall–Kier alpha value is -1.47. The van der Waals surface area contributed by atoms with Crippen LogP contribution in [0.5, 0.6) is 0 Å². The van der Waals surface area contributed by atoms with Gasteiger partial charge in [0.2, 0.25) is 15.9 Å². The van der Waals surface area contributed by atoms with E-state index in [1.165, 1.54) is 4.31 Å². The summed E-state index contributed by atoms with van der Waals surface area (Å²) in [6.07, 6.45) is 7.59. The summed E-state index contributed by atoms with van der Waals surface area (Å²) < 4.78 is 24.8. The molecule has 1 saturated heterocycles. The summed E-state index contributed by atoms with van der Waals surface area (Å²) in [6.45, 7) is 0.915. The van der Waals surface area contributed by atoms with E-state index in [9.17, 15) is 13.2 Å². The van der Waals surface area contributed by atoms with Crippen LogP contribution >= 0.6 is 0 Å². The number of hydrogen-bond donors (Lipinski definition) is 1. The van der Waals surface area contributed by atoms with Crippen molar-refractivity contribution in [1.82, 2.24) is 14.6 Å². The van der Waals surface area contributed by atoms with E-state index in [2.05, 4.69) is 10.3 Å². The zero-order valence-corrected chi connectivity index (χ0v) is 13.0. The van der Waals surface area contributed by atoms with Gasteiger partial charge in [0.25, 0.3) is 0 Å². The topological polar surface area (TPSA) is 79.4 Å². The third-order valence-corrected chi connectivity index (χ3v) is 4.91. The Labute approximate surface area is 125 Å². The van der Waals surface area contributed by atoms with Gasteiger partial charge < -0.3 is 5.32 Å². The molecule has 0 aromatic carbocycles. The molecule has 1 aromatic heterocycles. The normalized spacial score (nSPS) is 20.1. The lowest BCUT2D eigenvalue weighted by Gasteiger charge is -2.32. The molecule has 6 nitrogen and oxygen atoms in total. The number of carbonyl (C=O) groups is 1. The average molecular weight is 311 g/mol. The smallest absolute Gasteiger partial charge is 0.238 e. The quantitative estimate of drug-likeness (QED) is 0.861. The Morgan fingerprint density at radius 2 is 2.29 bits per heavy atom. The maximum absolute atomic E-state index is 12.2. The standard InChI is InChI=1S/C14H21N3O3S/c1-21(19,20)17-10-3-2-6-13(17)14(18)16-9-7-12-5-4-8-15-11-12/h4-5,8,11,13H,2-3,6-7,9-10H2,1H3,(H,16,18). The lowest BCUT2D eigenvalue weighted by Crippen LogP contribution is -2.51. The van der Waals surface area contributed by atoms with Gasteiger partial charge in [-0.25, -0.2) is 8.42 Å². The highest BCUT2D eigenvalue weighted by Gasteiger charge is 2.34. The summed E-state index contributed by atoms with van der Waals surface area (Å²) >= 11 is 0. The first-order valence-electron chi connectivity index (χ1n) is 7.12. The van der Waals surface area contributed by atoms with Crippen LogP contribution in [0.1, 0.15) is 24.8 Å². The molecule has 1 aliphatic heterocycles. The first kappa shape index (κ1) is 15.9. The highest BCUT2D eigenvalue weighted by molar-refractivity contribution is 7.88. The molecular formula is C14H21N3O3S. The number of piperidine rings is 1. The maximum atomic E-state index is 12.2. The van der Waals surface area contributed by atoms with Crippen LogP contribution in [-0.2, 0) is 21.2 Å². The van der Waals surface area contributed by atoms with E-state index in [0.717, 1.165) is 24.7 Å². The fourth-order valence-electron chi connectivity index (χ4n) is 2.56. The Morgan fingerprint density at radius 1 is 1.48 bits per heavy atom. The zero-order chi connectivity index (χ0) is 15.3. The van der Waals surface area contributed by atoms with Crippen LogP contribution in [0.15, 0.2) is 24.5 Å². The number of carbonyl (C=O) groups excluding carboxylic acids is 1. The molecule has 21 heavy (non-hydrogen) atoms. The molecule has 1 aliphatic rings. The second-order valence-corrected chi connectivity index (χ2v) is 7.22. The summed E-state index contributed by atoms with van der Waals surface area (Å²) in [5.74, 6) is -0.205. The molecule has 0 bridgehead atoms. The van der Waals surface area contributed by atoms with Crippen LogP contribution in [0.2, 0.25) is 0 Å². The van der Waals surface area contributed by atoms with Crippen molar-refractivity contribution in [2.45, 2.75) is 31.7 Å². The predicted octanol–water partition coefficient (Wildman–Crippen LogP) is 0.554. The molecule has 2 heterocycles. The number of hydrogen-bond acceptors (Lipinski definition) is 4. The molecule has 0 aliphatic carbocycles. The SMILES string of the molecule is CS(=O)(=O)N1CCCCC1C(=O)NCCc1cccnc1. The molecule has 7 heteroatoms. The Kier molecular flexibility index (Phi) is 5.30. The molecule has 1 amide bonds. The van der Waals surface area contributed by atoms with E-state index >= 15 is 0 Å². The first-order chi connectivity index (χ1) is 9.98.